The summed E-state index contributed by atoms with van der Waals surface area (Å²) < 4.78 is 12.4. The van der Waals surface area contributed by atoms with Gasteiger partial charge in [-0.3, -0.25) is 4.79 Å². The molecule has 3 heterocycles. The van der Waals surface area contributed by atoms with Gasteiger partial charge in [-0.05, 0) is 69.3 Å². The molecule has 3 amide bonds. The van der Waals surface area contributed by atoms with Gasteiger partial charge in [0.25, 0.3) is 5.91 Å². The molecule has 1 unspecified atom stereocenters. The minimum absolute atomic E-state index is 0.103. The number of ether oxygens (including phenoxy) is 2. The van der Waals surface area contributed by atoms with Crippen molar-refractivity contribution in [2.24, 2.45) is 0 Å². The second kappa shape index (κ2) is 11.8. The van der Waals surface area contributed by atoms with Crippen LogP contribution < -0.4 is 14.8 Å². The molecule has 2 aromatic heterocycles. The summed E-state index contributed by atoms with van der Waals surface area (Å²) in [6.07, 6.45) is 1.60. The summed E-state index contributed by atoms with van der Waals surface area (Å²) in [4.78, 5) is 34.7. The number of nitrogens with one attached hydrogen (secondary N) is 1. The lowest BCUT2D eigenvalue weighted by molar-refractivity contribution is 0.0591. The van der Waals surface area contributed by atoms with E-state index >= 15 is 0 Å². The van der Waals surface area contributed by atoms with Gasteiger partial charge in [-0.1, -0.05) is 0 Å². The molecule has 1 saturated heterocycles. The summed E-state index contributed by atoms with van der Waals surface area (Å²) in [5, 5.41) is 10.1. The summed E-state index contributed by atoms with van der Waals surface area (Å²) in [5.41, 5.74) is 3.76. The lowest BCUT2D eigenvalue weighted by Crippen LogP contribution is -2.56. The maximum atomic E-state index is 13.5. The Morgan fingerprint density at radius 1 is 1.07 bits per heavy atom. The smallest absolute Gasteiger partial charge is 0.322 e. The molecular weight excluding hydrogens is 528 g/mol. The van der Waals surface area contributed by atoms with Gasteiger partial charge in [-0.15, -0.1) is 11.3 Å². The van der Waals surface area contributed by atoms with Gasteiger partial charge in [0.1, 0.15) is 11.5 Å². The van der Waals surface area contributed by atoms with Gasteiger partial charge < -0.3 is 24.6 Å². The van der Waals surface area contributed by atoms with Crippen molar-refractivity contribution >= 4 is 29.0 Å². The maximum Gasteiger partial charge on any atom is 0.322 e. The molecule has 5 rings (SSSR count). The van der Waals surface area contributed by atoms with E-state index in [1.807, 2.05) is 74.7 Å². The van der Waals surface area contributed by atoms with Crippen molar-refractivity contribution < 1.29 is 19.1 Å². The number of hydrogen-bond acceptors (Lipinski definition) is 7. The Kier molecular flexibility index (Phi) is 8.01. The Labute approximate surface area is 237 Å². The standard InChI is InChI=1S/C29H32N6O4S/c1-5-39-24-12-8-22(9-13-24)31-28(37)34-15-14-33(17-19(34)2)27(36)25-16-30-35(20(25)3)29-32-26(18-40-29)21-6-10-23(38-4)11-7-21/h6-13,16,18-19H,5,14-15,17H2,1-4H3,(H,31,37). The lowest BCUT2D eigenvalue weighted by Gasteiger charge is -2.39. The van der Waals surface area contributed by atoms with Crippen molar-refractivity contribution in [3.63, 3.8) is 0 Å². The zero-order valence-electron chi connectivity index (χ0n) is 23.0. The van der Waals surface area contributed by atoms with Crippen LogP contribution in [0.3, 0.4) is 0 Å². The topological polar surface area (TPSA) is 102 Å². The molecule has 0 saturated carbocycles. The summed E-state index contributed by atoms with van der Waals surface area (Å²) in [6.45, 7) is 7.63. The molecule has 2 aromatic carbocycles. The largest absolute Gasteiger partial charge is 0.497 e. The highest BCUT2D eigenvalue weighted by molar-refractivity contribution is 7.12. The summed E-state index contributed by atoms with van der Waals surface area (Å²) in [6, 6.07) is 14.7. The fourth-order valence-corrected chi connectivity index (χ4v) is 5.52. The number of rotatable bonds is 7. The van der Waals surface area contributed by atoms with Crippen molar-refractivity contribution in [3.05, 3.63) is 71.4 Å². The van der Waals surface area contributed by atoms with E-state index in [1.54, 1.807) is 27.8 Å². The predicted octanol–water partition coefficient (Wildman–Crippen LogP) is 5.09. The molecule has 208 valence electrons. The first kappa shape index (κ1) is 27.2. The van der Waals surface area contributed by atoms with Crippen LogP contribution in [0.5, 0.6) is 11.5 Å². The second-order valence-corrected chi connectivity index (χ2v) is 10.3. The number of carbonyl (C=O) groups excluding carboxylic acids is 2. The van der Waals surface area contributed by atoms with Gasteiger partial charge in [0.05, 0.1) is 36.9 Å². The number of nitrogens with zero attached hydrogens (tertiary/aromatic N) is 5. The Balaban J connectivity index is 1.22. The van der Waals surface area contributed by atoms with E-state index in [0.29, 0.717) is 42.6 Å². The van der Waals surface area contributed by atoms with Crippen molar-refractivity contribution in [2.45, 2.75) is 26.8 Å². The van der Waals surface area contributed by atoms with Crippen LogP contribution in [-0.2, 0) is 0 Å². The summed E-state index contributed by atoms with van der Waals surface area (Å²) in [7, 11) is 1.64. The van der Waals surface area contributed by atoms with Crippen LogP contribution in [0.2, 0.25) is 0 Å². The Bertz CT molecular complexity index is 1480. The van der Waals surface area contributed by atoms with Gasteiger partial charge in [0.15, 0.2) is 0 Å². The first-order chi connectivity index (χ1) is 19.4. The molecule has 1 atom stereocenters. The van der Waals surface area contributed by atoms with Crippen molar-refractivity contribution in [2.75, 3.05) is 38.7 Å². The quantitative estimate of drug-likeness (QED) is 0.338. The highest BCUT2D eigenvalue weighted by atomic mass is 32.1. The third-order valence-corrected chi connectivity index (χ3v) is 7.71. The molecule has 10 nitrogen and oxygen atoms in total. The fourth-order valence-electron chi connectivity index (χ4n) is 4.68. The van der Waals surface area contributed by atoms with Crippen LogP contribution >= 0.6 is 11.3 Å². The van der Waals surface area contributed by atoms with Crippen LogP contribution in [0.25, 0.3) is 16.4 Å². The monoisotopic (exact) mass is 560 g/mol. The fraction of sp³-hybridized carbons (Fsp3) is 0.310. The number of aromatic nitrogens is 3. The van der Waals surface area contributed by atoms with Crippen molar-refractivity contribution in [3.8, 4) is 27.9 Å². The normalized spacial score (nSPS) is 15.2. The van der Waals surface area contributed by atoms with Gasteiger partial charge in [-0.2, -0.15) is 5.10 Å². The number of methoxy groups -OCH3 is 1. The Morgan fingerprint density at radius 2 is 1.80 bits per heavy atom. The van der Waals surface area contributed by atoms with E-state index in [2.05, 4.69) is 10.4 Å². The number of anilines is 1. The van der Waals surface area contributed by atoms with Gasteiger partial charge in [0.2, 0.25) is 5.13 Å². The molecule has 11 heteroatoms. The second-order valence-electron chi connectivity index (χ2n) is 9.48. The number of urea groups is 1. The molecule has 0 radical (unpaired) electrons. The number of carbonyl (C=O) groups is 2. The molecule has 0 aliphatic carbocycles. The van der Waals surface area contributed by atoms with Crippen molar-refractivity contribution in [1.29, 1.82) is 0 Å². The van der Waals surface area contributed by atoms with Crippen LogP contribution in [-0.4, -0.2) is 75.9 Å². The van der Waals surface area contributed by atoms with E-state index in [4.69, 9.17) is 14.5 Å². The van der Waals surface area contributed by atoms with Crippen LogP contribution in [0.4, 0.5) is 10.5 Å². The predicted molar refractivity (Wildman–Crippen MR) is 155 cm³/mol. The average Bonchev–Trinajstić information content (AvgIpc) is 3.60. The number of thiazole rings is 1. The molecule has 1 N–H and O–H groups in total. The summed E-state index contributed by atoms with van der Waals surface area (Å²) >= 11 is 1.46. The zero-order chi connectivity index (χ0) is 28.2. The van der Waals surface area contributed by atoms with Gasteiger partial charge in [0, 0.05) is 42.3 Å². The SMILES string of the molecule is CCOc1ccc(NC(=O)N2CCN(C(=O)c3cnn(-c4nc(-c5ccc(OC)cc5)cs4)c3C)CC2C)cc1. The van der Waals surface area contributed by atoms with E-state index in [1.165, 1.54) is 11.3 Å². The van der Waals surface area contributed by atoms with Crippen molar-refractivity contribution in [1.82, 2.24) is 24.6 Å². The first-order valence-corrected chi connectivity index (χ1v) is 14.0. The highest BCUT2D eigenvalue weighted by Crippen LogP contribution is 2.27. The van der Waals surface area contributed by atoms with Crippen LogP contribution in [0.1, 0.15) is 29.9 Å². The molecule has 4 aromatic rings. The van der Waals surface area contributed by atoms with Gasteiger partial charge in [-0.25, -0.2) is 14.5 Å². The minimum atomic E-state index is -0.191. The first-order valence-electron chi connectivity index (χ1n) is 13.1. The van der Waals surface area contributed by atoms with Crippen LogP contribution in [0, 0.1) is 6.92 Å². The highest BCUT2D eigenvalue weighted by Gasteiger charge is 2.31. The number of hydrogen-bond donors (Lipinski definition) is 1. The van der Waals surface area contributed by atoms with Crippen LogP contribution in [0.15, 0.2) is 60.1 Å². The van der Waals surface area contributed by atoms with E-state index in [-0.39, 0.29) is 18.0 Å². The third-order valence-electron chi connectivity index (χ3n) is 6.89. The van der Waals surface area contributed by atoms with E-state index in [0.717, 1.165) is 28.5 Å². The van der Waals surface area contributed by atoms with E-state index < -0.39 is 0 Å². The molecular formula is C29H32N6O4S. The molecule has 0 bridgehead atoms. The third kappa shape index (κ3) is 5.64. The molecule has 1 aliphatic rings. The molecule has 1 fully saturated rings. The number of amides is 3. The maximum absolute atomic E-state index is 13.5. The molecule has 1 aliphatic heterocycles. The number of piperazine rings is 1. The molecule has 40 heavy (non-hydrogen) atoms. The zero-order valence-corrected chi connectivity index (χ0v) is 23.8. The van der Waals surface area contributed by atoms with E-state index in [9.17, 15) is 9.59 Å². The van der Waals surface area contributed by atoms with Gasteiger partial charge >= 0.3 is 6.03 Å². The molecule has 0 spiro atoms. The number of benzene rings is 2. The Hall–Kier alpha value is -4.38. The lowest BCUT2D eigenvalue weighted by atomic mass is 10.1. The average molecular weight is 561 g/mol. The minimum Gasteiger partial charge on any atom is -0.497 e. The Morgan fingerprint density at radius 3 is 2.48 bits per heavy atom. The summed E-state index contributed by atoms with van der Waals surface area (Å²) in [5.74, 6) is 1.44.